The van der Waals surface area contributed by atoms with Crippen LogP contribution in [0, 0.1) is 36.3 Å². The Kier molecular flexibility index (Phi) is 7.46. The second-order valence-corrected chi connectivity index (χ2v) is 13.2. The number of halogens is 3. The summed E-state index contributed by atoms with van der Waals surface area (Å²) in [5.74, 6) is 3.39. The summed E-state index contributed by atoms with van der Waals surface area (Å²) in [6, 6.07) is 5.69. The van der Waals surface area contributed by atoms with Gasteiger partial charge in [-0.25, -0.2) is 18.2 Å². The van der Waals surface area contributed by atoms with Crippen LogP contribution in [0.25, 0.3) is 32.9 Å². The lowest BCUT2D eigenvalue weighted by molar-refractivity contribution is 0.107. The molecule has 0 aliphatic carbocycles. The highest BCUT2D eigenvalue weighted by Gasteiger charge is 2.49. The number of aromatic nitrogens is 3. The van der Waals surface area contributed by atoms with Gasteiger partial charge in [0.15, 0.2) is 12.4 Å². The van der Waals surface area contributed by atoms with Crippen molar-refractivity contribution in [1.29, 1.82) is 0 Å². The van der Waals surface area contributed by atoms with Gasteiger partial charge in [0, 0.05) is 49.1 Å². The Morgan fingerprint density at radius 3 is 2.62 bits per heavy atom. The average Bonchev–Trinajstić information content (AvgIpc) is 3.73. The lowest BCUT2D eigenvalue weighted by Crippen LogP contribution is -2.51. The van der Waals surface area contributed by atoms with E-state index in [1.807, 2.05) is 0 Å². The third-order valence-electron chi connectivity index (χ3n) is 10.2. The SMILES string of the molecule is C#CCOc1nc(-c2cc(O)cc3ccc(F)c(C#C)c23)c(F)c2nc(OC[C@@]34CCCN3C[C@H](F)C4)nc(N3CC4CCC(C3)N4)c12. The number of pyridine rings is 1. The summed E-state index contributed by atoms with van der Waals surface area (Å²) < 4.78 is 58.9. The zero-order valence-electron chi connectivity index (χ0n) is 26.1. The third-order valence-corrected chi connectivity index (χ3v) is 10.2. The van der Waals surface area contributed by atoms with Gasteiger partial charge >= 0.3 is 6.01 Å². The number of alkyl halides is 1. The minimum absolute atomic E-state index is 0.0291. The molecule has 4 aliphatic heterocycles. The standard InChI is InChI=1S/C36H33F3N6O3/c1-3-12-47-34-29-32(30(39)31(41-34)26-14-24(46)13-20-6-9-27(38)25(4-2)28(20)26)42-35(43-33(29)44-17-22-7-8-23(18-44)40-22)48-19-36-10-5-11-45(36)16-21(37)15-36/h1-2,6,9,13-14,21-23,40,46H,5,7-8,10-12,15-19H2/t21-,22?,23?,36+/m1/s1. The number of aromatic hydroxyl groups is 1. The number of phenolic OH excluding ortho intramolecular Hbond substituents is 1. The molecule has 0 saturated carbocycles. The highest BCUT2D eigenvalue weighted by Crippen LogP contribution is 2.44. The molecule has 2 unspecified atom stereocenters. The molecule has 4 atom stereocenters. The van der Waals surface area contributed by atoms with Crippen LogP contribution in [-0.2, 0) is 0 Å². The Bertz CT molecular complexity index is 2030. The monoisotopic (exact) mass is 654 g/mol. The fraction of sp³-hybridized carbons (Fsp3) is 0.417. The zero-order chi connectivity index (χ0) is 33.2. The van der Waals surface area contributed by atoms with Gasteiger partial charge in [-0.15, -0.1) is 12.8 Å². The number of hydrogen-bond acceptors (Lipinski definition) is 9. The number of anilines is 1. The minimum Gasteiger partial charge on any atom is -0.508 e. The van der Waals surface area contributed by atoms with Gasteiger partial charge in [-0.3, -0.25) is 4.90 Å². The largest absolute Gasteiger partial charge is 0.508 e. The highest BCUT2D eigenvalue weighted by molar-refractivity contribution is 6.04. The number of piperazine rings is 1. The zero-order valence-corrected chi connectivity index (χ0v) is 26.1. The molecule has 0 spiro atoms. The van der Waals surface area contributed by atoms with E-state index >= 15 is 4.39 Å². The predicted octanol–water partition coefficient (Wildman–Crippen LogP) is 4.72. The second-order valence-electron chi connectivity index (χ2n) is 13.2. The van der Waals surface area contributed by atoms with Crippen LogP contribution in [0.5, 0.6) is 17.6 Å². The molecule has 2 N–H and O–H groups in total. The molecule has 6 heterocycles. The summed E-state index contributed by atoms with van der Waals surface area (Å²) in [6.45, 7) is 2.30. The van der Waals surface area contributed by atoms with E-state index in [4.69, 9.17) is 27.3 Å². The first-order valence-electron chi connectivity index (χ1n) is 16.2. The number of ether oxygens (including phenoxy) is 2. The van der Waals surface area contributed by atoms with Gasteiger partial charge in [0.05, 0.1) is 11.1 Å². The quantitative estimate of drug-likeness (QED) is 0.275. The van der Waals surface area contributed by atoms with E-state index in [0.29, 0.717) is 37.3 Å². The van der Waals surface area contributed by atoms with E-state index < -0.39 is 23.3 Å². The first kappa shape index (κ1) is 30.5. The number of nitrogens with one attached hydrogen (secondary N) is 1. The van der Waals surface area contributed by atoms with Crippen molar-refractivity contribution >= 4 is 27.5 Å². The summed E-state index contributed by atoms with van der Waals surface area (Å²) in [5.41, 5.74) is -0.966. The first-order chi connectivity index (χ1) is 23.3. The maximum atomic E-state index is 17.1. The molecule has 8 rings (SSSR count). The van der Waals surface area contributed by atoms with Crippen molar-refractivity contribution in [2.24, 2.45) is 0 Å². The lowest BCUT2D eigenvalue weighted by Gasteiger charge is -2.35. The first-order valence-corrected chi connectivity index (χ1v) is 16.2. The molecule has 4 aliphatic rings. The molecule has 9 nitrogen and oxygen atoms in total. The predicted molar refractivity (Wildman–Crippen MR) is 175 cm³/mol. The molecule has 2 aromatic carbocycles. The molecule has 0 amide bonds. The molecular weight excluding hydrogens is 621 g/mol. The summed E-state index contributed by atoms with van der Waals surface area (Å²) in [4.78, 5) is 18.2. The van der Waals surface area contributed by atoms with Crippen molar-refractivity contribution in [3.63, 3.8) is 0 Å². The molecular formula is C36H33F3N6O3. The van der Waals surface area contributed by atoms with Gasteiger partial charge in [0.2, 0.25) is 5.88 Å². The van der Waals surface area contributed by atoms with Gasteiger partial charge < -0.3 is 24.8 Å². The summed E-state index contributed by atoms with van der Waals surface area (Å²) in [5, 5.41) is 15.0. The summed E-state index contributed by atoms with van der Waals surface area (Å²) in [6.07, 6.45) is 14.4. The van der Waals surface area contributed by atoms with Crippen LogP contribution in [0.3, 0.4) is 0 Å². The third kappa shape index (κ3) is 5.02. The number of phenols is 1. The molecule has 4 aromatic rings. The van der Waals surface area contributed by atoms with Crippen LogP contribution >= 0.6 is 0 Å². The Morgan fingerprint density at radius 1 is 1.04 bits per heavy atom. The molecule has 0 radical (unpaired) electrons. The molecule has 12 heteroatoms. The van der Waals surface area contributed by atoms with E-state index in [0.717, 1.165) is 32.2 Å². The van der Waals surface area contributed by atoms with Crippen LogP contribution in [0.4, 0.5) is 19.0 Å². The maximum Gasteiger partial charge on any atom is 0.319 e. The summed E-state index contributed by atoms with van der Waals surface area (Å²) >= 11 is 0. The number of hydrogen-bond donors (Lipinski definition) is 2. The van der Waals surface area contributed by atoms with Crippen molar-refractivity contribution in [3.8, 4) is 53.6 Å². The van der Waals surface area contributed by atoms with Gasteiger partial charge in [-0.1, -0.05) is 17.9 Å². The van der Waals surface area contributed by atoms with Gasteiger partial charge in [-0.2, -0.15) is 9.97 Å². The van der Waals surface area contributed by atoms with Crippen molar-refractivity contribution in [1.82, 2.24) is 25.2 Å². The van der Waals surface area contributed by atoms with Crippen molar-refractivity contribution < 1.29 is 27.8 Å². The Morgan fingerprint density at radius 2 is 1.85 bits per heavy atom. The van der Waals surface area contributed by atoms with Crippen LogP contribution in [0.15, 0.2) is 24.3 Å². The maximum absolute atomic E-state index is 17.1. The normalized spacial score (nSPS) is 24.9. The summed E-state index contributed by atoms with van der Waals surface area (Å²) in [7, 11) is 0. The van der Waals surface area contributed by atoms with Crippen molar-refractivity contribution in [3.05, 3.63) is 41.5 Å². The lowest BCUT2D eigenvalue weighted by atomic mass is 9.95. The number of fused-ring (bicyclic) bond motifs is 5. The Balaban J connectivity index is 1.34. The van der Waals surface area contributed by atoms with Crippen LogP contribution in [0.1, 0.15) is 37.7 Å². The Hall–Kier alpha value is -4.78. The van der Waals surface area contributed by atoms with E-state index in [1.165, 1.54) is 24.3 Å². The smallest absolute Gasteiger partial charge is 0.319 e. The minimum atomic E-state index is -0.949. The molecule has 4 fully saturated rings. The Labute approximate surface area is 275 Å². The van der Waals surface area contributed by atoms with Gasteiger partial charge in [0.25, 0.3) is 0 Å². The molecule has 2 bridgehead atoms. The average molecular weight is 655 g/mol. The topological polar surface area (TPSA) is 95.9 Å². The number of rotatable bonds is 7. The van der Waals surface area contributed by atoms with E-state index in [1.54, 1.807) is 0 Å². The number of benzene rings is 2. The second kappa shape index (κ2) is 11.7. The number of terminal acetylenes is 2. The fourth-order valence-electron chi connectivity index (χ4n) is 8.16. The van der Waals surface area contributed by atoms with Crippen molar-refractivity contribution in [2.45, 2.75) is 55.9 Å². The van der Waals surface area contributed by atoms with Crippen molar-refractivity contribution in [2.75, 3.05) is 44.3 Å². The number of nitrogens with zero attached hydrogens (tertiary/aromatic N) is 5. The fourth-order valence-corrected chi connectivity index (χ4v) is 8.16. The van der Waals surface area contributed by atoms with Gasteiger partial charge in [-0.05, 0) is 55.8 Å². The van der Waals surface area contributed by atoms with Gasteiger partial charge in [0.1, 0.15) is 46.8 Å². The van der Waals surface area contributed by atoms with Crippen LogP contribution in [-0.4, -0.2) is 88.1 Å². The van der Waals surface area contributed by atoms with Crippen LogP contribution < -0.4 is 19.7 Å². The van der Waals surface area contributed by atoms with E-state index in [2.05, 4.69) is 36.9 Å². The molecule has 4 saturated heterocycles. The molecule has 246 valence electrons. The highest BCUT2D eigenvalue weighted by atomic mass is 19.1. The van der Waals surface area contributed by atoms with Crippen LogP contribution in [0.2, 0.25) is 0 Å². The molecule has 48 heavy (non-hydrogen) atoms. The van der Waals surface area contributed by atoms with E-state index in [9.17, 15) is 13.9 Å². The van der Waals surface area contributed by atoms with E-state index in [-0.39, 0.29) is 76.0 Å². The molecule has 2 aromatic heterocycles.